The molecule has 2 saturated carbocycles. The van der Waals surface area contributed by atoms with E-state index < -0.39 is 0 Å². The summed E-state index contributed by atoms with van der Waals surface area (Å²) < 4.78 is 0. The van der Waals surface area contributed by atoms with E-state index in [-0.39, 0.29) is 0 Å². The molecule has 2 rings (SSSR count). The van der Waals surface area contributed by atoms with E-state index in [0.717, 1.165) is 11.8 Å². The van der Waals surface area contributed by atoms with Crippen LogP contribution >= 0.6 is 12.6 Å². The van der Waals surface area contributed by atoms with Crippen molar-refractivity contribution in [1.29, 1.82) is 0 Å². The zero-order chi connectivity index (χ0) is 12.1. The molecule has 0 aromatic carbocycles. The van der Waals surface area contributed by atoms with E-state index in [1.54, 1.807) is 0 Å². The maximum absolute atomic E-state index is 4.66. The van der Waals surface area contributed by atoms with Crippen LogP contribution in [0.15, 0.2) is 0 Å². The van der Waals surface area contributed by atoms with Gasteiger partial charge in [-0.25, -0.2) is 0 Å². The van der Waals surface area contributed by atoms with Gasteiger partial charge in [-0.2, -0.15) is 12.6 Å². The van der Waals surface area contributed by atoms with Gasteiger partial charge in [0.2, 0.25) is 0 Å². The molecule has 0 aliphatic heterocycles. The molecule has 0 amide bonds. The molecule has 2 heteroatoms. The van der Waals surface area contributed by atoms with Gasteiger partial charge in [0.1, 0.15) is 0 Å². The lowest BCUT2D eigenvalue weighted by molar-refractivity contribution is 0.0977. The van der Waals surface area contributed by atoms with Crippen LogP contribution < -0.4 is 0 Å². The standard InChI is InChI=1S/C15H29NS/c1-16(14-8-4-2-5-9-14)12-15(13-17)10-6-3-7-11-15/h14,17H,2-13H2,1H3. The monoisotopic (exact) mass is 255 g/mol. The maximum Gasteiger partial charge on any atom is 0.00924 e. The van der Waals surface area contributed by atoms with Gasteiger partial charge in [-0.05, 0) is 43.9 Å². The number of hydrogen-bond donors (Lipinski definition) is 1. The Morgan fingerprint density at radius 2 is 1.59 bits per heavy atom. The Morgan fingerprint density at radius 3 is 2.18 bits per heavy atom. The molecular formula is C15H29NS. The highest BCUT2D eigenvalue weighted by Gasteiger charge is 2.33. The van der Waals surface area contributed by atoms with E-state index in [0.29, 0.717) is 5.41 Å². The molecule has 0 heterocycles. The fraction of sp³-hybridized carbons (Fsp3) is 1.00. The first-order valence-corrected chi connectivity index (χ1v) is 8.20. The van der Waals surface area contributed by atoms with E-state index in [1.807, 2.05) is 0 Å². The average Bonchev–Trinajstić information content (AvgIpc) is 2.41. The van der Waals surface area contributed by atoms with Gasteiger partial charge in [0, 0.05) is 12.6 Å². The largest absolute Gasteiger partial charge is 0.303 e. The molecule has 0 radical (unpaired) electrons. The van der Waals surface area contributed by atoms with Crippen LogP contribution in [0.25, 0.3) is 0 Å². The Kier molecular flexibility index (Phi) is 5.23. The maximum atomic E-state index is 4.66. The van der Waals surface area contributed by atoms with Crippen LogP contribution in [0.5, 0.6) is 0 Å². The van der Waals surface area contributed by atoms with E-state index >= 15 is 0 Å². The molecule has 0 atom stereocenters. The molecule has 0 bridgehead atoms. The third-order valence-corrected chi connectivity index (χ3v) is 5.70. The van der Waals surface area contributed by atoms with Crippen LogP contribution in [0.1, 0.15) is 64.2 Å². The Bertz CT molecular complexity index is 217. The average molecular weight is 255 g/mol. The summed E-state index contributed by atoms with van der Waals surface area (Å²) in [6.45, 7) is 1.29. The second-order valence-corrected chi connectivity index (χ2v) is 6.74. The van der Waals surface area contributed by atoms with Crippen LogP contribution in [0.4, 0.5) is 0 Å². The minimum absolute atomic E-state index is 0.535. The molecule has 2 fully saturated rings. The SMILES string of the molecule is CN(CC1(CS)CCCCC1)C1CCCCC1. The van der Waals surface area contributed by atoms with Gasteiger partial charge < -0.3 is 4.90 Å². The van der Waals surface area contributed by atoms with Crippen LogP contribution in [0.2, 0.25) is 0 Å². The number of rotatable bonds is 4. The summed E-state index contributed by atoms with van der Waals surface area (Å²) in [5.74, 6) is 1.09. The molecular weight excluding hydrogens is 226 g/mol. The van der Waals surface area contributed by atoms with Crippen LogP contribution in [0.3, 0.4) is 0 Å². The second-order valence-electron chi connectivity index (χ2n) is 6.43. The van der Waals surface area contributed by atoms with Crippen molar-refractivity contribution in [1.82, 2.24) is 4.90 Å². The fourth-order valence-electron chi connectivity index (χ4n) is 3.85. The number of nitrogens with zero attached hydrogens (tertiary/aromatic N) is 1. The predicted molar refractivity (Wildman–Crippen MR) is 78.9 cm³/mol. The Labute approximate surface area is 113 Å². The van der Waals surface area contributed by atoms with Crippen molar-refractivity contribution in [3.8, 4) is 0 Å². The van der Waals surface area contributed by atoms with Crippen molar-refractivity contribution in [2.75, 3.05) is 19.3 Å². The summed E-state index contributed by atoms with van der Waals surface area (Å²) in [6.07, 6.45) is 14.3. The first kappa shape index (κ1) is 13.7. The Morgan fingerprint density at radius 1 is 1.00 bits per heavy atom. The molecule has 2 aliphatic carbocycles. The quantitative estimate of drug-likeness (QED) is 0.739. The molecule has 100 valence electrons. The lowest BCUT2D eigenvalue weighted by Gasteiger charge is -2.42. The highest BCUT2D eigenvalue weighted by molar-refractivity contribution is 7.80. The molecule has 0 N–H and O–H groups in total. The van der Waals surface area contributed by atoms with Crippen molar-refractivity contribution >= 4 is 12.6 Å². The van der Waals surface area contributed by atoms with E-state index in [9.17, 15) is 0 Å². The Balaban J connectivity index is 1.88. The molecule has 0 aromatic heterocycles. The van der Waals surface area contributed by atoms with Crippen molar-refractivity contribution in [3.05, 3.63) is 0 Å². The summed E-state index contributed by atoms with van der Waals surface area (Å²) >= 11 is 4.66. The van der Waals surface area contributed by atoms with Crippen molar-refractivity contribution in [2.45, 2.75) is 70.3 Å². The van der Waals surface area contributed by atoms with E-state index in [4.69, 9.17) is 0 Å². The number of thiol groups is 1. The third-order valence-electron chi connectivity index (χ3n) is 5.03. The summed E-state index contributed by atoms with van der Waals surface area (Å²) in [4.78, 5) is 2.67. The van der Waals surface area contributed by atoms with Gasteiger partial charge in [-0.3, -0.25) is 0 Å². The van der Waals surface area contributed by atoms with Gasteiger partial charge >= 0.3 is 0 Å². The van der Waals surface area contributed by atoms with Crippen LogP contribution in [-0.4, -0.2) is 30.3 Å². The van der Waals surface area contributed by atoms with Gasteiger partial charge in [0.15, 0.2) is 0 Å². The zero-order valence-corrected chi connectivity index (χ0v) is 12.4. The van der Waals surface area contributed by atoms with E-state index in [2.05, 4.69) is 24.6 Å². The minimum Gasteiger partial charge on any atom is -0.303 e. The Hall–Kier alpha value is 0.310. The minimum atomic E-state index is 0.535. The van der Waals surface area contributed by atoms with Crippen molar-refractivity contribution < 1.29 is 0 Å². The van der Waals surface area contributed by atoms with Gasteiger partial charge in [-0.15, -0.1) is 0 Å². The highest BCUT2D eigenvalue weighted by Crippen LogP contribution is 2.38. The lowest BCUT2D eigenvalue weighted by Crippen LogP contribution is -2.44. The molecule has 0 unspecified atom stereocenters. The molecule has 0 aromatic rings. The lowest BCUT2D eigenvalue weighted by atomic mass is 9.74. The van der Waals surface area contributed by atoms with Crippen molar-refractivity contribution in [2.24, 2.45) is 5.41 Å². The summed E-state index contributed by atoms with van der Waals surface area (Å²) in [7, 11) is 2.36. The van der Waals surface area contributed by atoms with Crippen molar-refractivity contribution in [3.63, 3.8) is 0 Å². The molecule has 0 saturated heterocycles. The van der Waals surface area contributed by atoms with E-state index in [1.165, 1.54) is 70.8 Å². The topological polar surface area (TPSA) is 3.24 Å². The van der Waals surface area contributed by atoms with Crippen LogP contribution in [0, 0.1) is 5.41 Å². The highest BCUT2D eigenvalue weighted by atomic mass is 32.1. The summed E-state index contributed by atoms with van der Waals surface area (Å²) in [5, 5.41) is 0. The molecule has 2 aliphatic rings. The summed E-state index contributed by atoms with van der Waals surface area (Å²) in [5.41, 5.74) is 0.535. The zero-order valence-electron chi connectivity index (χ0n) is 11.5. The molecule has 17 heavy (non-hydrogen) atoms. The van der Waals surface area contributed by atoms with Gasteiger partial charge in [0.05, 0.1) is 0 Å². The second kappa shape index (κ2) is 6.47. The number of hydrogen-bond acceptors (Lipinski definition) is 2. The van der Waals surface area contributed by atoms with Crippen LogP contribution in [-0.2, 0) is 0 Å². The predicted octanol–water partition coefficient (Wildman–Crippen LogP) is 4.13. The van der Waals surface area contributed by atoms with Gasteiger partial charge in [-0.1, -0.05) is 38.5 Å². The third kappa shape index (κ3) is 3.64. The fourth-order valence-corrected chi connectivity index (χ4v) is 4.26. The first-order valence-electron chi connectivity index (χ1n) is 7.57. The molecule has 0 spiro atoms. The normalized spacial score (nSPS) is 26.3. The molecule has 1 nitrogen and oxygen atoms in total. The smallest absolute Gasteiger partial charge is 0.00924 e. The first-order chi connectivity index (χ1) is 8.26. The summed E-state index contributed by atoms with van der Waals surface area (Å²) in [6, 6.07) is 0.863. The van der Waals surface area contributed by atoms with Gasteiger partial charge in [0.25, 0.3) is 0 Å².